The van der Waals surface area contributed by atoms with E-state index < -0.39 is 0 Å². The molecule has 0 radical (unpaired) electrons. The summed E-state index contributed by atoms with van der Waals surface area (Å²) in [7, 11) is 0. The van der Waals surface area contributed by atoms with E-state index in [1.807, 2.05) is 11.3 Å². The summed E-state index contributed by atoms with van der Waals surface area (Å²) < 4.78 is -0.162. The van der Waals surface area contributed by atoms with Gasteiger partial charge in [0.15, 0.2) is 0 Å². The van der Waals surface area contributed by atoms with Crippen molar-refractivity contribution in [3.8, 4) is 10.4 Å². The Morgan fingerprint density at radius 3 is 1.69 bits per heavy atom. The third-order valence-electron chi connectivity index (χ3n) is 5.72. The van der Waals surface area contributed by atoms with Gasteiger partial charge >= 0.3 is 0 Å². The number of benzene rings is 3. The van der Waals surface area contributed by atoms with Crippen molar-refractivity contribution in [1.82, 2.24) is 0 Å². The third kappa shape index (κ3) is 4.95. The van der Waals surface area contributed by atoms with E-state index in [1.165, 1.54) is 21.6 Å². The number of anilines is 3. The highest BCUT2D eigenvalue weighted by Crippen LogP contribution is 2.38. The average molecular weight is 458 g/mol. The molecule has 3 aromatic carbocycles. The van der Waals surface area contributed by atoms with Gasteiger partial charge in [-0.25, -0.2) is 0 Å². The fourth-order valence-electron chi connectivity index (χ4n) is 3.70. The average Bonchev–Trinajstić information content (AvgIpc) is 3.26. The summed E-state index contributed by atoms with van der Waals surface area (Å²) in [4.78, 5) is 3.61. The SMILES string of the molecule is CC(C)(C)c1csc(-c2ccc(N(c3ccccc3)c3ccc(C(C)(C)S)cc3)cc2)c1. The van der Waals surface area contributed by atoms with Crippen LogP contribution in [-0.2, 0) is 10.2 Å². The van der Waals surface area contributed by atoms with Gasteiger partial charge in [-0.15, -0.1) is 11.3 Å². The predicted molar refractivity (Wildman–Crippen MR) is 145 cm³/mol. The molecule has 164 valence electrons. The minimum atomic E-state index is -0.162. The lowest BCUT2D eigenvalue weighted by molar-refractivity contribution is 0.593. The fourth-order valence-corrected chi connectivity index (χ4v) is 4.99. The van der Waals surface area contributed by atoms with Gasteiger partial charge < -0.3 is 4.90 Å². The minimum Gasteiger partial charge on any atom is -0.311 e. The van der Waals surface area contributed by atoms with Gasteiger partial charge in [0.05, 0.1) is 0 Å². The summed E-state index contributed by atoms with van der Waals surface area (Å²) in [6.07, 6.45) is 0. The summed E-state index contributed by atoms with van der Waals surface area (Å²) in [6.45, 7) is 11.0. The van der Waals surface area contributed by atoms with E-state index in [4.69, 9.17) is 12.6 Å². The van der Waals surface area contributed by atoms with Crippen molar-refractivity contribution in [2.24, 2.45) is 0 Å². The molecule has 0 unspecified atom stereocenters. The number of nitrogens with zero attached hydrogens (tertiary/aromatic N) is 1. The lowest BCUT2D eigenvalue weighted by atomic mass is 9.89. The van der Waals surface area contributed by atoms with E-state index >= 15 is 0 Å². The second-order valence-corrected chi connectivity index (χ2v) is 11.8. The van der Waals surface area contributed by atoms with E-state index in [-0.39, 0.29) is 10.2 Å². The predicted octanol–water partition coefficient (Wildman–Crippen LogP) is 9.35. The summed E-state index contributed by atoms with van der Waals surface area (Å²) >= 11 is 6.54. The van der Waals surface area contributed by atoms with E-state index in [0.717, 1.165) is 17.1 Å². The Morgan fingerprint density at radius 1 is 0.656 bits per heavy atom. The molecule has 0 N–H and O–H groups in total. The molecule has 1 heterocycles. The molecule has 0 aliphatic heterocycles. The summed E-state index contributed by atoms with van der Waals surface area (Å²) in [6, 6.07) is 30.5. The van der Waals surface area contributed by atoms with Crippen molar-refractivity contribution >= 4 is 41.0 Å². The van der Waals surface area contributed by atoms with Crippen LogP contribution < -0.4 is 4.90 Å². The summed E-state index contributed by atoms with van der Waals surface area (Å²) in [5.41, 5.74) is 7.45. The Balaban J connectivity index is 1.70. The Labute approximate surface area is 202 Å². The van der Waals surface area contributed by atoms with Gasteiger partial charge in [0.2, 0.25) is 0 Å². The Bertz CT molecular complexity index is 1160. The van der Waals surface area contributed by atoms with Crippen molar-refractivity contribution < 1.29 is 0 Å². The van der Waals surface area contributed by atoms with Gasteiger partial charge in [-0.2, -0.15) is 12.6 Å². The number of hydrogen-bond donors (Lipinski definition) is 1. The van der Waals surface area contributed by atoms with E-state index in [1.54, 1.807) is 0 Å². The van der Waals surface area contributed by atoms with Crippen LogP contribution in [0.3, 0.4) is 0 Å². The maximum atomic E-state index is 4.72. The van der Waals surface area contributed by atoms with Crippen molar-refractivity contribution in [3.05, 3.63) is 101 Å². The van der Waals surface area contributed by atoms with Gasteiger partial charge in [-0.05, 0) is 83.8 Å². The first-order chi connectivity index (χ1) is 15.1. The molecule has 0 atom stereocenters. The van der Waals surface area contributed by atoms with Gasteiger partial charge in [-0.3, -0.25) is 0 Å². The Morgan fingerprint density at radius 2 is 1.19 bits per heavy atom. The highest BCUT2D eigenvalue weighted by molar-refractivity contribution is 7.81. The zero-order valence-electron chi connectivity index (χ0n) is 19.5. The number of rotatable bonds is 5. The van der Waals surface area contributed by atoms with Crippen LogP contribution in [0.2, 0.25) is 0 Å². The zero-order valence-corrected chi connectivity index (χ0v) is 21.2. The van der Waals surface area contributed by atoms with Crippen LogP contribution in [0.1, 0.15) is 45.7 Å². The maximum Gasteiger partial charge on any atom is 0.0462 e. The highest BCUT2D eigenvalue weighted by atomic mass is 32.1. The molecule has 0 aliphatic rings. The van der Waals surface area contributed by atoms with Gasteiger partial charge in [0.25, 0.3) is 0 Å². The number of para-hydroxylation sites is 1. The second kappa shape index (κ2) is 8.80. The molecular formula is C29H31NS2. The molecule has 0 saturated carbocycles. The molecule has 4 rings (SSSR count). The molecule has 0 fully saturated rings. The van der Waals surface area contributed by atoms with Crippen LogP contribution in [0, 0.1) is 0 Å². The second-order valence-electron chi connectivity index (χ2n) is 9.77. The molecule has 32 heavy (non-hydrogen) atoms. The lowest BCUT2D eigenvalue weighted by Crippen LogP contribution is -2.11. The molecule has 0 bridgehead atoms. The topological polar surface area (TPSA) is 3.24 Å². The van der Waals surface area contributed by atoms with E-state index in [9.17, 15) is 0 Å². The molecule has 4 aromatic rings. The number of thiophene rings is 1. The van der Waals surface area contributed by atoms with Crippen LogP contribution in [0.5, 0.6) is 0 Å². The molecule has 0 spiro atoms. The van der Waals surface area contributed by atoms with Crippen molar-refractivity contribution in [2.75, 3.05) is 4.90 Å². The first kappa shape index (κ1) is 22.7. The number of thiol groups is 1. The van der Waals surface area contributed by atoms with Crippen LogP contribution >= 0.6 is 24.0 Å². The largest absolute Gasteiger partial charge is 0.311 e. The Hall–Kier alpha value is -2.49. The van der Waals surface area contributed by atoms with Crippen LogP contribution in [0.15, 0.2) is 90.3 Å². The van der Waals surface area contributed by atoms with Crippen molar-refractivity contribution in [1.29, 1.82) is 0 Å². The van der Waals surface area contributed by atoms with Crippen molar-refractivity contribution in [2.45, 2.75) is 44.8 Å². The van der Waals surface area contributed by atoms with Gasteiger partial charge in [0.1, 0.15) is 0 Å². The zero-order chi connectivity index (χ0) is 22.9. The molecule has 1 aromatic heterocycles. The van der Waals surface area contributed by atoms with Gasteiger partial charge in [0, 0.05) is 26.7 Å². The summed E-state index contributed by atoms with van der Waals surface area (Å²) in [5, 5.41) is 2.28. The molecule has 0 aliphatic carbocycles. The first-order valence-corrected chi connectivity index (χ1v) is 12.3. The Kier molecular flexibility index (Phi) is 6.24. The normalized spacial score (nSPS) is 12.1. The third-order valence-corrected chi connectivity index (χ3v) is 6.96. The standard InChI is InChI=1S/C29H31NS2/c1-28(2,3)23-19-27(32-20-23)21-11-15-25(16-12-21)30(24-9-7-6-8-10-24)26-17-13-22(14-18-26)29(4,5)31/h6-20,31H,1-5H3. The monoisotopic (exact) mass is 457 g/mol. The molecule has 0 amide bonds. The molecular weight excluding hydrogens is 426 g/mol. The maximum absolute atomic E-state index is 4.72. The van der Waals surface area contributed by atoms with Gasteiger partial charge in [-0.1, -0.05) is 63.2 Å². The smallest absolute Gasteiger partial charge is 0.0462 e. The van der Waals surface area contributed by atoms with Crippen LogP contribution in [-0.4, -0.2) is 0 Å². The molecule has 0 saturated heterocycles. The quantitative estimate of drug-likeness (QED) is 0.292. The molecule has 1 nitrogen and oxygen atoms in total. The molecule has 3 heteroatoms. The fraction of sp³-hybridized carbons (Fsp3) is 0.241. The van der Waals surface area contributed by atoms with Crippen LogP contribution in [0.25, 0.3) is 10.4 Å². The minimum absolute atomic E-state index is 0.162. The lowest BCUT2D eigenvalue weighted by Gasteiger charge is -2.27. The summed E-state index contributed by atoms with van der Waals surface area (Å²) in [5.74, 6) is 0. The highest BCUT2D eigenvalue weighted by Gasteiger charge is 2.18. The van der Waals surface area contributed by atoms with Crippen LogP contribution in [0.4, 0.5) is 17.1 Å². The number of hydrogen-bond acceptors (Lipinski definition) is 3. The van der Waals surface area contributed by atoms with E-state index in [2.05, 4.69) is 130 Å². The first-order valence-electron chi connectivity index (χ1n) is 11.0. The van der Waals surface area contributed by atoms with E-state index in [0.29, 0.717) is 0 Å². The van der Waals surface area contributed by atoms with Crippen molar-refractivity contribution in [3.63, 3.8) is 0 Å².